The van der Waals surface area contributed by atoms with E-state index in [1.54, 1.807) is 11.3 Å². The average molecular weight is 165 g/mol. The van der Waals surface area contributed by atoms with Gasteiger partial charge in [0, 0.05) is 13.0 Å². The van der Waals surface area contributed by atoms with E-state index in [-0.39, 0.29) is 0 Å². The molecule has 0 atom stereocenters. The van der Waals surface area contributed by atoms with Crippen LogP contribution in [0.15, 0.2) is 22.8 Å². The normalized spacial score (nSPS) is 10.1. The Labute approximate surface area is 71.1 Å². The molecule has 0 radical (unpaired) electrons. The number of hydrogen-bond donors (Lipinski definition) is 1. The Balaban J connectivity index is 2.28. The average Bonchev–Trinajstić information content (AvgIpc) is 2.53. The molecule has 1 heterocycles. The second-order valence-corrected chi connectivity index (χ2v) is 2.46. The van der Waals surface area contributed by atoms with Gasteiger partial charge in [-0.05, 0) is 12.1 Å². The van der Waals surface area contributed by atoms with Crippen molar-refractivity contribution < 1.29 is 4.42 Å². The highest BCUT2D eigenvalue weighted by Crippen LogP contribution is 2.02. The molecule has 0 unspecified atom stereocenters. The van der Waals surface area contributed by atoms with Crippen LogP contribution < -0.4 is 5.84 Å². The van der Waals surface area contributed by atoms with Crippen molar-refractivity contribution >= 4 is 0 Å². The molecule has 64 valence electrons. The number of hydrazine groups is 1. The number of nitrogens with zero attached hydrogens (tertiary/aromatic N) is 2. The van der Waals surface area contributed by atoms with Gasteiger partial charge < -0.3 is 4.42 Å². The Morgan fingerprint density at radius 2 is 2.50 bits per heavy atom. The minimum absolute atomic E-state index is 0.442. The largest absolute Gasteiger partial charge is 0.468 e. The second kappa shape index (κ2) is 4.54. The van der Waals surface area contributed by atoms with Gasteiger partial charge in [0.1, 0.15) is 5.76 Å². The predicted molar refractivity (Wildman–Crippen MR) is 43.5 cm³/mol. The number of nitrogens with two attached hydrogens (primary N) is 1. The van der Waals surface area contributed by atoms with Crippen LogP contribution in [0.1, 0.15) is 12.2 Å². The minimum Gasteiger partial charge on any atom is -0.468 e. The Morgan fingerprint density at radius 1 is 1.67 bits per heavy atom. The van der Waals surface area contributed by atoms with Gasteiger partial charge in [-0.25, -0.2) is 5.01 Å². The highest BCUT2D eigenvalue weighted by atomic mass is 16.3. The van der Waals surface area contributed by atoms with Crippen molar-refractivity contribution in [1.29, 1.82) is 5.26 Å². The first-order valence-electron chi connectivity index (χ1n) is 3.72. The number of rotatable bonds is 4. The third kappa shape index (κ3) is 2.74. The molecule has 4 heteroatoms. The summed E-state index contributed by atoms with van der Waals surface area (Å²) in [5.74, 6) is 6.39. The van der Waals surface area contributed by atoms with Crippen LogP contribution in [0.25, 0.3) is 0 Å². The van der Waals surface area contributed by atoms with Gasteiger partial charge in [-0.1, -0.05) is 0 Å². The Hall–Kier alpha value is -1.31. The van der Waals surface area contributed by atoms with Crippen LogP contribution >= 0.6 is 0 Å². The van der Waals surface area contributed by atoms with Gasteiger partial charge in [0.25, 0.3) is 0 Å². The number of hydrogen-bond acceptors (Lipinski definition) is 4. The maximum Gasteiger partial charge on any atom is 0.119 e. The summed E-state index contributed by atoms with van der Waals surface area (Å²) in [5.41, 5.74) is 0. The van der Waals surface area contributed by atoms with Gasteiger partial charge in [-0.3, -0.25) is 5.84 Å². The lowest BCUT2D eigenvalue weighted by Crippen LogP contribution is -2.30. The van der Waals surface area contributed by atoms with Gasteiger partial charge in [-0.15, -0.1) is 0 Å². The lowest BCUT2D eigenvalue weighted by atomic mass is 10.4. The quantitative estimate of drug-likeness (QED) is 0.531. The number of furan rings is 1. The SMILES string of the molecule is N#CCCN(N)Cc1ccco1. The second-order valence-electron chi connectivity index (χ2n) is 2.46. The van der Waals surface area contributed by atoms with Crippen LogP contribution in [0.2, 0.25) is 0 Å². The molecule has 0 aromatic carbocycles. The molecule has 2 N–H and O–H groups in total. The van der Waals surface area contributed by atoms with Gasteiger partial charge >= 0.3 is 0 Å². The fourth-order valence-electron chi connectivity index (χ4n) is 0.875. The molecule has 1 aromatic heterocycles. The van der Waals surface area contributed by atoms with Crippen LogP contribution in [0.5, 0.6) is 0 Å². The van der Waals surface area contributed by atoms with Crippen molar-refractivity contribution in [3.63, 3.8) is 0 Å². The Morgan fingerprint density at radius 3 is 3.08 bits per heavy atom. The first-order chi connectivity index (χ1) is 5.83. The summed E-state index contributed by atoms with van der Waals surface area (Å²) in [6.07, 6.45) is 2.05. The molecular weight excluding hydrogens is 154 g/mol. The van der Waals surface area contributed by atoms with E-state index in [1.165, 1.54) is 0 Å². The molecule has 4 nitrogen and oxygen atoms in total. The van der Waals surface area contributed by atoms with Crippen molar-refractivity contribution in [3.8, 4) is 6.07 Å². The molecule has 12 heavy (non-hydrogen) atoms. The van der Waals surface area contributed by atoms with E-state index in [9.17, 15) is 0 Å². The van der Waals surface area contributed by atoms with E-state index < -0.39 is 0 Å². The third-order valence-electron chi connectivity index (χ3n) is 1.45. The zero-order chi connectivity index (χ0) is 8.81. The molecule has 0 saturated carbocycles. The van der Waals surface area contributed by atoms with Crippen LogP contribution in [-0.2, 0) is 6.54 Å². The van der Waals surface area contributed by atoms with Gasteiger partial charge in [0.2, 0.25) is 0 Å². The van der Waals surface area contributed by atoms with Crippen molar-refractivity contribution in [3.05, 3.63) is 24.2 Å². The number of nitriles is 1. The fourth-order valence-corrected chi connectivity index (χ4v) is 0.875. The molecule has 0 aliphatic heterocycles. The van der Waals surface area contributed by atoms with Crippen LogP contribution in [0, 0.1) is 11.3 Å². The first-order valence-corrected chi connectivity index (χ1v) is 3.72. The Bertz CT molecular complexity index is 250. The molecule has 1 rings (SSSR count). The van der Waals surface area contributed by atoms with E-state index in [0.717, 1.165) is 5.76 Å². The van der Waals surface area contributed by atoms with Crippen LogP contribution in [0.4, 0.5) is 0 Å². The predicted octanol–water partition coefficient (Wildman–Crippen LogP) is 0.869. The molecule has 1 aromatic rings. The smallest absolute Gasteiger partial charge is 0.119 e. The fraction of sp³-hybridized carbons (Fsp3) is 0.375. The topological polar surface area (TPSA) is 66.2 Å². The zero-order valence-corrected chi connectivity index (χ0v) is 6.73. The lowest BCUT2D eigenvalue weighted by molar-refractivity contribution is 0.256. The van der Waals surface area contributed by atoms with Gasteiger partial charge in [0.15, 0.2) is 0 Å². The van der Waals surface area contributed by atoms with Crippen LogP contribution in [-0.4, -0.2) is 11.6 Å². The summed E-state index contributed by atoms with van der Waals surface area (Å²) < 4.78 is 5.08. The molecule has 0 aliphatic rings. The summed E-state index contributed by atoms with van der Waals surface area (Å²) in [4.78, 5) is 0. The van der Waals surface area contributed by atoms with Crippen molar-refractivity contribution in [2.24, 2.45) is 5.84 Å². The van der Waals surface area contributed by atoms with E-state index in [4.69, 9.17) is 15.5 Å². The molecule has 0 spiro atoms. The van der Waals surface area contributed by atoms with E-state index in [1.807, 2.05) is 18.2 Å². The van der Waals surface area contributed by atoms with Crippen LogP contribution in [0.3, 0.4) is 0 Å². The van der Waals surface area contributed by atoms with Crippen molar-refractivity contribution in [2.75, 3.05) is 6.54 Å². The molecular formula is C8H11N3O. The summed E-state index contributed by atoms with van der Waals surface area (Å²) in [6.45, 7) is 1.12. The highest BCUT2D eigenvalue weighted by Gasteiger charge is 2.01. The maximum atomic E-state index is 8.29. The lowest BCUT2D eigenvalue weighted by Gasteiger charge is -2.11. The Kier molecular flexibility index (Phi) is 3.33. The van der Waals surface area contributed by atoms with Crippen molar-refractivity contribution in [1.82, 2.24) is 5.01 Å². The summed E-state index contributed by atoms with van der Waals surface area (Å²) in [6, 6.07) is 5.69. The van der Waals surface area contributed by atoms with Gasteiger partial charge in [-0.2, -0.15) is 5.26 Å². The maximum absolute atomic E-state index is 8.29. The summed E-state index contributed by atoms with van der Waals surface area (Å²) in [7, 11) is 0. The molecule has 0 fully saturated rings. The summed E-state index contributed by atoms with van der Waals surface area (Å²) >= 11 is 0. The monoisotopic (exact) mass is 165 g/mol. The molecule has 0 aliphatic carbocycles. The minimum atomic E-state index is 0.442. The van der Waals surface area contributed by atoms with E-state index >= 15 is 0 Å². The third-order valence-corrected chi connectivity index (χ3v) is 1.45. The highest BCUT2D eigenvalue weighted by molar-refractivity contribution is 4.97. The van der Waals surface area contributed by atoms with Gasteiger partial charge in [0.05, 0.1) is 18.9 Å². The molecule has 0 bridgehead atoms. The zero-order valence-electron chi connectivity index (χ0n) is 6.73. The van der Waals surface area contributed by atoms with E-state index in [2.05, 4.69) is 0 Å². The standard InChI is InChI=1S/C8H11N3O/c9-4-2-5-11(10)7-8-3-1-6-12-8/h1,3,6H,2,5,7,10H2. The van der Waals surface area contributed by atoms with E-state index in [0.29, 0.717) is 19.5 Å². The van der Waals surface area contributed by atoms with Crippen molar-refractivity contribution in [2.45, 2.75) is 13.0 Å². The summed E-state index contributed by atoms with van der Waals surface area (Å²) in [5, 5.41) is 9.84. The molecule has 0 saturated heterocycles. The first kappa shape index (κ1) is 8.78. The molecule has 0 amide bonds.